The Morgan fingerprint density at radius 2 is 1.86 bits per heavy atom. The van der Waals surface area contributed by atoms with Crippen LogP contribution in [0, 0.1) is 5.92 Å². The fraction of sp³-hybridized carbons (Fsp3) is 0.941. The zero-order chi connectivity index (χ0) is 15.5. The van der Waals surface area contributed by atoms with Crippen LogP contribution in [-0.2, 0) is 0 Å². The van der Waals surface area contributed by atoms with Crippen LogP contribution in [0.25, 0.3) is 0 Å². The molecule has 2 aliphatic heterocycles. The van der Waals surface area contributed by atoms with Gasteiger partial charge in [0.1, 0.15) is 0 Å². The molecule has 3 atom stereocenters. The summed E-state index contributed by atoms with van der Waals surface area (Å²) in [5, 5.41) is 13.0. The lowest BCUT2D eigenvalue weighted by atomic mass is 9.94. The highest BCUT2D eigenvalue weighted by atomic mass is 16.3. The Bertz CT molecular complexity index is 382. The lowest BCUT2D eigenvalue weighted by Gasteiger charge is -2.34. The third-order valence-corrected chi connectivity index (χ3v) is 5.82. The Morgan fingerprint density at radius 3 is 2.59 bits per heavy atom. The molecule has 0 spiro atoms. The van der Waals surface area contributed by atoms with Crippen LogP contribution in [0.1, 0.15) is 51.9 Å². The molecule has 3 fully saturated rings. The molecule has 5 heteroatoms. The second kappa shape index (κ2) is 7.18. The van der Waals surface area contributed by atoms with E-state index in [1.807, 2.05) is 11.8 Å². The van der Waals surface area contributed by atoms with E-state index in [2.05, 4.69) is 10.2 Å². The zero-order valence-corrected chi connectivity index (χ0v) is 13.8. The van der Waals surface area contributed by atoms with Crippen LogP contribution in [0.5, 0.6) is 0 Å². The van der Waals surface area contributed by atoms with Crippen LogP contribution in [0.15, 0.2) is 0 Å². The van der Waals surface area contributed by atoms with Gasteiger partial charge in [0.05, 0.1) is 6.10 Å². The molecule has 1 aliphatic carbocycles. The zero-order valence-electron chi connectivity index (χ0n) is 13.8. The Balaban J connectivity index is 1.45. The number of aliphatic hydroxyl groups is 1. The molecule has 0 aromatic rings. The van der Waals surface area contributed by atoms with E-state index in [4.69, 9.17) is 0 Å². The molecule has 3 unspecified atom stereocenters. The summed E-state index contributed by atoms with van der Waals surface area (Å²) in [6.45, 7) is 5.51. The number of urea groups is 1. The Kier molecular flexibility index (Phi) is 5.24. The molecule has 3 aliphatic rings. The van der Waals surface area contributed by atoms with E-state index in [9.17, 15) is 9.90 Å². The van der Waals surface area contributed by atoms with Crippen molar-refractivity contribution in [2.45, 2.75) is 70.1 Å². The summed E-state index contributed by atoms with van der Waals surface area (Å²) in [6, 6.07) is 1.14. The van der Waals surface area contributed by atoms with Gasteiger partial charge in [0, 0.05) is 44.2 Å². The van der Waals surface area contributed by atoms with Crippen molar-refractivity contribution in [3.05, 3.63) is 0 Å². The van der Waals surface area contributed by atoms with Gasteiger partial charge in [-0.05, 0) is 39.0 Å². The van der Waals surface area contributed by atoms with Crippen LogP contribution in [0.3, 0.4) is 0 Å². The number of hydrogen-bond acceptors (Lipinski definition) is 3. The van der Waals surface area contributed by atoms with Crippen LogP contribution >= 0.6 is 0 Å². The number of nitrogens with one attached hydrogen (secondary N) is 1. The average molecular weight is 309 g/mol. The molecule has 0 bridgehead atoms. The highest BCUT2D eigenvalue weighted by Crippen LogP contribution is 2.26. The van der Waals surface area contributed by atoms with Crippen molar-refractivity contribution >= 4 is 6.03 Å². The molecule has 0 radical (unpaired) electrons. The van der Waals surface area contributed by atoms with Crippen molar-refractivity contribution in [1.29, 1.82) is 0 Å². The maximum absolute atomic E-state index is 12.5. The van der Waals surface area contributed by atoms with Crippen LogP contribution in [0.4, 0.5) is 4.79 Å². The molecule has 2 heterocycles. The molecule has 2 amide bonds. The van der Waals surface area contributed by atoms with Crippen molar-refractivity contribution in [2.75, 3.05) is 26.2 Å². The van der Waals surface area contributed by atoms with Crippen molar-refractivity contribution in [2.24, 2.45) is 5.92 Å². The summed E-state index contributed by atoms with van der Waals surface area (Å²) in [6.07, 6.45) is 8.20. The van der Waals surface area contributed by atoms with Crippen LogP contribution in [-0.4, -0.2) is 65.3 Å². The summed E-state index contributed by atoms with van der Waals surface area (Å²) >= 11 is 0. The molecule has 22 heavy (non-hydrogen) atoms. The van der Waals surface area contributed by atoms with Gasteiger partial charge in [-0.3, -0.25) is 4.90 Å². The van der Waals surface area contributed by atoms with E-state index in [1.165, 1.54) is 25.7 Å². The third kappa shape index (κ3) is 3.74. The predicted octanol–water partition coefficient (Wildman–Crippen LogP) is 1.81. The van der Waals surface area contributed by atoms with E-state index in [0.29, 0.717) is 12.6 Å². The average Bonchev–Trinajstić information content (AvgIpc) is 3.18. The number of piperidine rings is 1. The quantitative estimate of drug-likeness (QED) is 0.836. The lowest BCUT2D eigenvalue weighted by Crippen LogP contribution is -2.50. The third-order valence-electron chi connectivity index (χ3n) is 5.82. The molecule has 1 saturated carbocycles. The summed E-state index contributed by atoms with van der Waals surface area (Å²) < 4.78 is 0. The molecular weight excluding hydrogens is 278 g/mol. The second-order valence-electron chi connectivity index (χ2n) is 7.46. The molecule has 0 aromatic carbocycles. The van der Waals surface area contributed by atoms with E-state index in [1.54, 1.807) is 0 Å². The number of carbonyl (C=O) groups excluding carboxylic acids is 1. The van der Waals surface area contributed by atoms with Gasteiger partial charge < -0.3 is 15.3 Å². The summed E-state index contributed by atoms with van der Waals surface area (Å²) in [5.74, 6) is 0.234. The van der Waals surface area contributed by atoms with Crippen LogP contribution < -0.4 is 5.32 Å². The predicted molar refractivity (Wildman–Crippen MR) is 86.7 cm³/mol. The van der Waals surface area contributed by atoms with E-state index < -0.39 is 0 Å². The second-order valence-corrected chi connectivity index (χ2v) is 7.46. The van der Waals surface area contributed by atoms with E-state index >= 15 is 0 Å². The number of rotatable bonds is 3. The van der Waals surface area contributed by atoms with Gasteiger partial charge in [-0.15, -0.1) is 0 Å². The van der Waals surface area contributed by atoms with Crippen molar-refractivity contribution in [3.63, 3.8) is 0 Å². The van der Waals surface area contributed by atoms with Gasteiger partial charge >= 0.3 is 6.03 Å². The Morgan fingerprint density at radius 1 is 1.09 bits per heavy atom. The largest absolute Gasteiger partial charge is 0.393 e. The first-order valence-electron chi connectivity index (χ1n) is 9.11. The topological polar surface area (TPSA) is 55.8 Å². The maximum Gasteiger partial charge on any atom is 0.317 e. The summed E-state index contributed by atoms with van der Waals surface area (Å²) in [5.41, 5.74) is 0. The number of hydrogen-bond donors (Lipinski definition) is 2. The standard InChI is InChI=1S/C17H31N3O2/c1-13(21)14-5-4-9-20(11-14)17(22)18-15-8-10-19(12-15)16-6-2-3-7-16/h13-16,21H,2-12H2,1H3,(H,18,22). The van der Waals surface area contributed by atoms with Crippen molar-refractivity contribution in [1.82, 2.24) is 15.1 Å². The summed E-state index contributed by atoms with van der Waals surface area (Å²) in [4.78, 5) is 16.9. The molecule has 3 rings (SSSR count). The number of nitrogens with zero attached hydrogens (tertiary/aromatic N) is 2. The smallest absolute Gasteiger partial charge is 0.317 e. The fourth-order valence-electron chi connectivity index (χ4n) is 4.36. The first-order valence-corrected chi connectivity index (χ1v) is 9.11. The number of amides is 2. The van der Waals surface area contributed by atoms with Gasteiger partial charge in [-0.25, -0.2) is 4.79 Å². The lowest BCUT2D eigenvalue weighted by molar-refractivity contribution is 0.0733. The number of carbonyl (C=O) groups is 1. The fourth-order valence-corrected chi connectivity index (χ4v) is 4.36. The van der Waals surface area contributed by atoms with Gasteiger partial charge in [0.25, 0.3) is 0 Å². The first kappa shape index (κ1) is 16.1. The molecule has 2 saturated heterocycles. The van der Waals surface area contributed by atoms with Gasteiger partial charge in [0.15, 0.2) is 0 Å². The van der Waals surface area contributed by atoms with Crippen LogP contribution in [0.2, 0.25) is 0 Å². The molecule has 2 N–H and O–H groups in total. The Hall–Kier alpha value is -0.810. The van der Waals surface area contributed by atoms with E-state index in [-0.39, 0.29) is 18.1 Å². The van der Waals surface area contributed by atoms with Crippen molar-refractivity contribution in [3.8, 4) is 0 Å². The Labute approximate surface area is 134 Å². The highest BCUT2D eigenvalue weighted by molar-refractivity contribution is 5.74. The SMILES string of the molecule is CC(O)C1CCCN(C(=O)NC2CCN(C3CCCC3)C2)C1. The summed E-state index contributed by atoms with van der Waals surface area (Å²) in [7, 11) is 0. The highest BCUT2D eigenvalue weighted by Gasteiger charge is 2.32. The maximum atomic E-state index is 12.5. The van der Waals surface area contributed by atoms with Crippen molar-refractivity contribution < 1.29 is 9.90 Å². The molecule has 0 aromatic heterocycles. The monoisotopic (exact) mass is 309 g/mol. The molecule has 126 valence electrons. The minimum absolute atomic E-state index is 0.0728. The van der Waals surface area contributed by atoms with Gasteiger partial charge in [0.2, 0.25) is 0 Å². The number of likely N-dealkylation sites (tertiary alicyclic amines) is 2. The number of aliphatic hydroxyl groups excluding tert-OH is 1. The first-order chi connectivity index (χ1) is 10.6. The van der Waals surface area contributed by atoms with Gasteiger partial charge in [-0.1, -0.05) is 12.8 Å². The van der Waals surface area contributed by atoms with E-state index in [0.717, 1.165) is 44.9 Å². The molecular formula is C17H31N3O2. The van der Waals surface area contributed by atoms with Gasteiger partial charge in [-0.2, -0.15) is 0 Å². The minimum Gasteiger partial charge on any atom is -0.393 e. The normalized spacial score (nSPS) is 32.4. The molecule has 5 nitrogen and oxygen atoms in total. The minimum atomic E-state index is -0.320.